The van der Waals surface area contributed by atoms with Gasteiger partial charge in [0.25, 0.3) is 6.02 Å². The van der Waals surface area contributed by atoms with E-state index in [0.29, 0.717) is 18.0 Å². The Balaban J connectivity index is 2.04. The van der Waals surface area contributed by atoms with Crippen LogP contribution in [0, 0.1) is 5.92 Å². The first-order chi connectivity index (χ1) is 5.36. The fraction of sp³-hybridized carbons (Fsp3) is 0.875. The van der Waals surface area contributed by atoms with Gasteiger partial charge in [-0.05, 0) is 19.3 Å². The molecule has 0 aromatic carbocycles. The van der Waals surface area contributed by atoms with E-state index in [0.717, 1.165) is 6.54 Å². The number of aliphatic imine (C=N–C) groups is 1. The van der Waals surface area contributed by atoms with Crippen molar-refractivity contribution in [3.05, 3.63) is 0 Å². The van der Waals surface area contributed by atoms with Gasteiger partial charge in [0.15, 0.2) is 0 Å². The lowest BCUT2D eigenvalue weighted by atomic mass is 9.86. The van der Waals surface area contributed by atoms with E-state index in [4.69, 9.17) is 10.5 Å². The van der Waals surface area contributed by atoms with Crippen LogP contribution < -0.4 is 5.73 Å². The Morgan fingerprint density at radius 3 is 3.09 bits per heavy atom. The van der Waals surface area contributed by atoms with Gasteiger partial charge in [0.2, 0.25) is 0 Å². The van der Waals surface area contributed by atoms with E-state index >= 15 is 0 Å². The lowest BCUT2D eigenvalue weighted by Crippen LogP contribution is -2.38. The molecule has 1 saturated carbocycles. The molecular formula is C8H14N2O. The summed E-state index contributed by atoms with van der Waals surface area (Å²) in [4.78, 5) is 4.09. The van der Waals surface area contributed by atoms with Crippen molar-refractivity contribution < 1.29 is 4.74 Å². The van der Waals surface area contributed by atoms with Crippen LogP contribution in [-0.2, 0) is 4.74 Å². The molecular weight excluding hydrogens is 140 g/mol. The standard InChI is InChI=1S/C8H14N2O/c9-8-10-5-6-3-1-2-4-7(6)11-8/h6-7H,1-5H2,(H2,9,10). The zero-order chi connectivity index (χ0) is 7.68. The highest BCUT2D eigenvalue weighted by Crippen LogP contribution is 2.28. The summed E-state index contributed by atoms with van der Waals surface area (Å²) >= 11 is 0. The summed E-state index contributed by atoms with van der Waals surface area (Å²) in [5.74, 6) is 0.649. The number of nitrogens with two attached hydrogens (primary N) is 1. The maximum atomic E-state index is 5.47. The number of ether oxygens (including phenoxy) is 1. The predicted molar refractivity (Wildman–Crippen MR) is 43.3 cm³/mol. The highest BCUT2D eigenvalue weighted by Gasteiger charge is 2.29. The Morgan fingerprint density at radius 1 is 1.36 bits per heavy atom. The predicted octanol–water partition coefficient (Wildman–Crippen LogP) is 0.890. The summed E-state index contributed by atoms with van der Waals surface area (Å²) in [6.45, 7) is 0.885. The maximum absolute atomic E-state index is 5.47. The molecule has 0 spiro atoms. The molecule has 1 heterocycles. The van der Waals surface area contributed by atoms with Crippen LogP contribution in [0.5, 0.6) is 0 Å². The molecule has 0 amide bonds. The van der Waals surface area contributed by atoms with Gasteiger partial charge in [-0.2, -0.15) is 0 Å². The van der Waals surface area contributed by atoms with Gasteiger partial charge in [-0.3, -0.25) is 0 Å². The summed E-state index contributed by atoms with van der Waals surface area (Å²) in [5.41, 5.74) is 5.47. The zero-order valence-corrected chi connectivity index (χ0v) is 6.62. The van der Waals surface area contributed by atoms with Crippen molar-refractivity contribution >= 4 is 6.02 Å². The average Bonchev–Trinajstić information content (AvgIpc) is 2.04. The molecule has 2 rings (SSSR count). The molecule has 3 nitrogen and oxygen atoms in total. The fourth-order valence-electron chi connectivity index (χ4n) is 1.94. The zero-order valence-electron chi connectivity index (χ0n) is 6.62. The minimum atomic E-state index is 0.376. The molecule has 1 fully saturated rings. The monoisotopic (exact) mass is 154 g/mol. The Labute approximate surface area is 66.6 Å². The van der Waals surface area contributed by atoms with Gasteiger partial charge >= 0.3 is 0 Å². The van der Waals surface area contributed by atoms with Gasteiger partial charge in [0.1, 0.15) is 6.10 Å². The Morgan fingerprint density at radius 2 is 2.18 bits per heavy atom. The molecule has 11 heavy (non-hydrogen) atoms. The number of rotatable bonds is 0. The number of fused-ring (bicyclic) bond motifs is 1. The third-order valence-electron chi connectivity index (χ3n) is 2.59. The van der Waals surface area contributed by atoms with Crippen LogP contribution in [-0.4, -0.2) is 18.7 Å². The molecule has 0 saturated heterocycles. The third-order valence-corrected chi connectivity index (χ3v) is 2.59. The minimum absolute atomic E-state index is 0.376. The van der Waals surface area contributed by atoms with E-state index in [9.17, 15) is 0 Å². The van der Waals surface area contributed by atoms with Crippen molar-refractivity contribution in [2.75, 3.05) is 6.54 Å². The Hall–Kier alpha value is -0.730. The molecule has 2 aliphatic rings. The second kappa shape index (κ2) is 2.72. The van der Waals surface area contributed by atoms with Crippen molar-refractivity contribution in [3.8, 4) is 0 Å². The van der Waals surface area contributed by atoms with Gasteiger partial charge in [0, 0.05) is 5.92 Å². The topological polar surface area (TPSA) is 47.6 Å². The molecule has 1 aliphatic heterocycles. The summed E-state index contributed by atoms with van der Waals surface area (Å²) < 4.78 is 5.42. The van der Waals surface area contributed by atoms with Gasteiger partial charge < -0.3 is 10.5 Å². The van der Waals surface area contributed by atoms with Crippen molar-refractivity contribution in [3.63, 3.8) is 0 Å². The molecule has 1 aliphatic carbocycles. The van der Waals surface area contributed by atoms with Gasteiger partial charge in [-0.25, -0.2) is 4.99 Å². The maximum Gasteiger partial charge on any atom is 0.282 e. The van der Waals surface area contributed by atoms with E-state index in [2.05, 4.69) is 4.99 Å². The number of nitrogens with zero attached hydrogens (tertiary/aromatic N) is 1. The smallest absolute Gasteiger partial charge is 0.282 e. The highest BCUT2D eigenvalue weighted by atomic mass is 16.5. The lowest BCUT2D eigenvalue weighted by Gasteiger charge is -2.33. The number of amidine groups is 1. The van der Waals surface area contributed by atoms with Gasteiger partial charge in [-0.15, -0.1) is 0 Å². The van der Waals surface area contributed by atoms with Crippen LogP contribution in [0.25, 0.3) is 0 Å². The molecule has 0 radical (unpaired) electrons. The molecule has 2 unspecified atom stereocenters. The third kappa shape index (κ3) is 1.32. The van der Waals surface area contributed by atoms with Gasteiger partial charge in [-0.1, -0.05) is 6.42 Å². The largest absolute Gasteiger partial charge is 0.462 e. The van der Waals surface area contributed by atoms with Crippen LogP contribution in [0.3, 0.4) is 0 Å². The quantitative estimate of drug-likeness (QED) is 0.563. The Bertz CT molecular complexity index is 179. The van der Waals surface area contributed by atoms with Crippen LogP contribution in [0.4, 0.5) is 0 Å². The minimum Gasteiger partial charge on any atom is -0.462 e. The summed E-state index contributed by atoms with van der Waals surface area (Å²) in [7, 11) is 0. The van der Waals surface area contributed by atoms with E-state index in [1.54, 1.807) is 0 Å². The first kappa shape index (κ1) is 6.95. The second-order valence-electron chi connectivity index (χ2n) is 3.38. The summed E-state index contributed by atoms with van der Waals surface area (Å²) in [5, 5.41) is 0. The highest BCUT2D eigenvalue weighted by molar-refractivity contribution is 5.72. The lowest BCUT2D eigenvalue weighted by molar-refractivity contribution is 0.0699. The van der Waals surface area contributed by atoms with Crippen LogP contribution >= 0.6 is 0 Å². The first-order valence-electron chi connectivity index (χ1n) is 4.33. The van der Waals surface area contributed by atoms with E-state index < -0.39 is 0 Å². The van der Waals surface area contributed by atoms with Crippen LogP contribution in [0.2, 0.25) is 0 Å². The summed E-state index contributed by atoms with van der Waals surface area (Å²) in [6, 6.07) is 0.396. The van der Waals surface area contributed by atoms with Crippen LogP contribution in [0.1, 0.15) is 25.7 Å². The van der Waals surface area contributed by atoms with Crippen LogP contribution in [0.15, 0.2) is 4.99 Å². The number of hydrogen-bond acceptors (Lipinski definition) is 3. The molecule has 0 bridgehead atoms. The normalized spacial score (nSPS) is 36.9. The molecule has 2 N–H and O–H groups in total. The fourth-order valence-corrected chi connectivity index (χ4v) is 1.94. The summed E-state index contributed by atoms with van der Waals surface area (Å²) in [6.07, 6.45) is 5.43. The SMILES string of the molecule is NC1=NCC2CCCCC2O1. The first-order valence-corrected chi connectivity index (χ1v) is 4.33. The number of hydrogen-bond donors (Lipinski definition) is 1. The Kier molecular flexibility index (Phi) is 1.72. The van der Waals surface area contributed by atoms with E-state index in [1.807, 2.05) is 0 Å². The molecule has 0 aromatic heterocycles. The van der Waals surface area contributed by atoms with Gasteiger partial charge in [0.05, 0.1) is 6.54 Å². The van der Waals surface area contributed by atoms with E-state index in [-0.39, 0.29) is 0 Å². The second-order valence-corrected chi connectivity index (χ2v) is 3.38. The molecule has 0 aromatic rings. The average molecular weight is 154 g/mol. The van der Waals surface area contributed by atoms with E-state index in [1.165, 1.54) is 25.7 Å². The van der Waals surface area contributed by atoms with Crippen molar-refractivity contribution in [1.82, 2.24) is 0 Å². The van der Waals surface area contributed by atoms with Crippen molar-refractivity contribution in [1.29, 1.82) is 0 Å². The van der Waals surface area contributed by atoms with Crippen molar-refractivity contribution in [2.24, 2.45) is 16.6 Å². The molecule has 2 atom stereocenters. The van der Waals surface area contributed by atoms with Crippen molar-refractivity contribution in [2.45, 2.75) is 31.8 Å². The molecule has 3 heteroatoms. The molecule has 62 valence electrons.